The van der Waals surface area contributed by atoms with Crippen LogP contribution in [-0.4, -0.2) is 30.0 Å². The number of fused-ring (bicyclic) bond motifs is 1. The van der Waals surface area contributed by atoms with Crippen molar-refractivity contribution < 1.29 is 9.21 Å². The third-order valence-corrected chi connectivity index (χ3v) is 4.17. The van der Waals surface area contributed by atoms with Crippen LogP contribution in [0, 0.1) is 5.41 Å². The van der Waals surface area contributed by atoms with Crippen LogP contribution in [0.4, 0.5) is 5.82 Å². The summed E-state index contributed by atoms with van der Waals surface area (Å²) < 4.78 is 5.44. The van der Waals surface area contributed by atoms with Gasteiger partial charge in [0, 0.05) is 30.7 Å². The van der Waals surface area contributed by atoms with E-state index in [1.807, 2.05) is 32.9 Å². The summed E-state index contributed by atoms with van der Waals surface area (Å²) in [6, 6.07) is 4.10. The van der Waals surface area contributed by atoms with Crippen LogP contribution in [0.15, 0.2) is 29.0 Å². The summed E-state index contributed by atoms with van der Waals surface area (Å²) in [5.41, 5.74) is 0.536. The summed E-state index contributed by atoms with van der Waals surface area (Å²) in [6.07, 6.45) is 5.37. The molecule has 22 heavy (non-hydrogen) atoms. The van der Waals surface area contributed by atoms with Crippen molar-refractivity contribution in [1.82, 2.24) is 10.3 Å². The lowest BCUT2D eigenvalue weighted by molar-refractivity contribution is -0.129. The molecule has 1 saturated heterocycles. The van der Waals surface area contributed by atoms with Crippen LogP contribution in [0.3, 0.4) is 0 Å². The smallest absolute Gasteiger partial charge is 0.225 e. The Balaban J connectivity index is 1.65. The number of piperidine rings is 1. The summed E-state index contributed by atoms with van der Waals surface area (Å²) in [7, 11) is 0. The van der Waals surface area contributed by atoms with Gasteiger partial charge in [0.2, 0.25) is 5.91 Å². The van der Waals surface area contributed by atoms with Gasteiger partial charge in [-0.3, -0.25) is 4.79 Å². The number of aromatic nitrogens is 1. The Kier molecular flexibility index (Phi) is 3.81. The molecule has 1 fully saturated rings. The zero-order valence-electron chi connectivity index (χ0n) is 13.4. The highest BCUT2D eigenvalue weighted by atomic mass is 16.3. The van der Waals surface area contributed by atoms with E-state index in [1.54, 1.807) is 12.5 Å². The minimum absolute atomic E-state index is 0.126. The first-order chi connectivity index (χ1) is 10.4. The molecule has 5 nitrogen and oxygen atoms in total. The molecular formula is C17H23N3O2. The predicted molar refractivity (Wildman–Crippen MR) is 86.8 cm³/mol. The molecule has 0 aliphatic carbocycles. The quantitative estimate of drug-likeness (QED) is 0.926. The van der Waals surface area contributed by atoms with E-state index in [9.17, 15) is 4.79 Å². The van der Waals surface area contributed by atoms with Crippen molar-refractivity contribution in [2.45, 2.75) is 39.7 Å². The zero-order chi connectivity index (χ0) is 15.7. The van der Waals surface area contributed by atoms with Crippen LogP contribution in [0.1, 0.15) is 33.6 Å². The monoisotopic (exact) mass is 301 g/mol. The lowest BCUT2D eigenvalue weighted by atomic mass is 9.94. The van der Waals surface area contributed by atoms with Gasteiger partial charge < -0.3 is 14.6 Å². The number of furan rings is 1. The fraction of sp³-hybridized carbons (Fsp3) is 0.529. The fourth-order valence-corrected chi connectivity index (χ4v) is 2.77. The number of nitrogens with zero attached hydrogens (tertiary/aromatic N) is 2. The maximum atomic E-state index is 12.1. The SMILES string of the molecule is CC(C)(C)C(=O)NC1CCN(c2nccc3occc23)CC1. The van der Waals surface area contributed by atoms with Crippen LogP contribution >= 0.6 is 0 Å². The van der Waals surface area contributed by atoms with Crippen molar-refractivity contribution >= 4 is 22.7 Å². The first kappa shape index (κ1) is 14.9. The first-order valence-corrected chi connectivity index (χ1v) is 7.83. The highest BCUT2D eigenvalue weighted by Crippen LogP contribution is 2.27. The van der Waals surface area contributed by atoms with Gasteiger partial charge in [-0.05, 0) is 25.0 Å². The fourth-order valence-electron chi connectivity index (χ4n) is 2.77. The van der Waals surface area contributed by atoms with E-state index < -0.39 is 0 Å². The number of amides is 1. The molecule has 0 aromatic carbocycles. The summed E-state index contributed by atoms with van der Waals surface area (Å²) in [4.78, 5) is 18.9. The van der Waals surface area contributed by atoms with Crippen molar-refractivity contribution in [1.29, 1.82) is 0 Å². The predicted octanol–water partition coefficient (Wildman–Crippen LogP) is 2.96. The molecule has 1 N–H and O–H groups in total. The average molecular weight is 301 g/mol. The molecule has 1 aliphatic heterocycles. The molecule has 5 heteroatoms. The molecule has 0 atom stereocenters. The molecule has 2 aromatic heterocycles. The first-order valence-electron chi connectivity index (χ1n) is 7.83. The van der Waals surface area contributed by atoms with Crippen LogP contribution in [0.2, 0.25) is 0 Å². The van der Waals surface area contributed by atoms with E-state index in [1.165, 1.54) is 0 Å². The van der Waals surface area contributed by atoms with Crippen molar-refractivity contribution in [3.05, 3.63) is 24.6 Å². The molecular weight excluding hydrogens is 278 g/mol. The summed E-state index contributed by atoms with van der Waals surface area (Å²) in [5.74, 6) is 1.10. The van der Waals surface area contributed by atoms with E-state index in [0.717, 1.165) is 42.7 Å². The Labute approximate surface area is 130 Å². The minimum Gasteiger partial charge on any atom is -0.464 e. The second kappa shape index (κ2) is 5.63. The van der Waals surface area contributed by atoms with Crippen LogP contribution in [0.25, 0.3) is 11.0 Å². The average Bonchev–Trinajstić information content (AvgIpc) is 2.95. The second-order valence-corrected chi connectivity index (χ2v) is 6.95. The minimum atomic E-state index is -0.332. The van der Waals surface area contributed by atoms with Gasteiger partial charge in [-0.1, -0.05) is 20.8 Å². The zero-order valence-corrected chi connectivity index (χ0v) is 13.4. The highest BCUT2D eigenvalue weighted by molar-refractivity contribution is 5.88. The Morgan fingerprint density at radius 1 is 1.32 bits per heavy atom. The lowest BCUT2D eigenvalue weighted by Gasteiger charge is -2.34. The van der Waals surface area contributed by atoms with Gasteiger partial charge in [0.15, 0.2) is 0 Å². The molecule has 0 spiro atoms. The van der Waals surface area contributed by atoms with E-state index >= 15 is 0 Å². The van der Waals surface area contributed by atoms with E-state index in [-0.39, 0.29) is 17.4 Å². The normalized spacial score (nSPS) is 17.0. The number of hydrogen-bond donors (Lipinski definition) is 1. The van der Waals surface area contributed by atoms with Gasteiger partial charge in [-0.25, -0.2) is 4.98 Å². The van der Waals surface area contributed by atoms with Crippen LogP contribution < -0.4 is 10.2 Å². The maximum Gasteiger partial charge on any atom is 0.225 e. The highest BCUT2D eigenvalue weighted by Gasteiger charge is 2.27. The van der Waals surface area contributed by atoms with Crippen molar-refractivity contribution in [2.24, 2.45) is 5.41 Å². The molecule has 3 rings (SSSR count). The van der Waals surface area contributed by atoms with Gasteiger partial charge in [0.05, 0.1) is 11.6 Å². The molecule has 3 heterocycles. The topological polar surface area (TPSA) is 58.4 Å². The Morgan fingerprint density at radius 2 is 2.05 bits per heavy atom. The number of carbonyl (C=O) groups excluding carboxylic acids is 1. The Hall–Kier alpha value is -2.04. The van der Waals surface area contributed by atoms with Crippen molar-refractivity contribution in [3.8, 4) is 0 Å². The van der Waals surface area contributed by atoms with E-state index in [0.29, 0.717) is 0 Å². The third-order valence-electron chi connectivity index (χ3n) is 4.17. The van der Waals surface area contributed by atoms with E-state index in [2.05, 4.69) is 15.2 Å². The molecule has 0 unspecified atom stereocenters. The Bertz CT molecular complexity index is 664. The molecule has 118 valence electrons. The Morgan fingerprint density at radius 3 is 2.73 bits per heavy atom. The van der Waals surface area contributed by atoms with Gasteiger partial charge in [0.25, 0.3) is 0 Å². The second-order valence-electron chi connectivity index (χ2n) is 6.95. The number of carbonyl (C=O) groups is 1. The number of pyridine rings is 1. The number of hydrogen-bond acceptors (Lipinski definition) is 4. The van der Waals surface area contributed by atoms with Gasteiger partial charge >= 0.3 is 0 Å². The van der Waals surface area contributed by atoms with Gasteiger partial charge in [0.1, 0.15) is 11.4 Å². The maximum absolute atomic E-state index is 12.1. The molecule has 0 bridgehead atoms. The summed E-state index contributed by atoms with van der Waals surface area (Å²) >= 11 is 0. The number of anilines is 1. The largest absolute Gasteiger partial charge is 0.464 e. The van der Waals surface area contributed by atoms with Crippen LogP contribution in [-0.2, 0) is 4.79 Å². The van der Waals surface area contributed by atoms with Gasteiger partial charge in [-0.15, -0.1) is 0 Å². The molecule has 2 aromatic rings. The molecule has 1 aliphatic rings. The molecule has 1 amide bonds. The molecule has 0 radical (unpaired) electrons. The van der Waals surface area contributed by atoms with E-state index in [4.69, 9.17) is 4.42 Å². The lowest BCUT2D eigenvalue weighted by Crippen LogP contribution is -2.47. The summed E-state index contributed by atoms with van der Waals surface area (Å²) in [5, 5.41) is 4.21. The van der Waals surface area contributed by atoms with Gasteiger partial charge in [-0.2, -0.15) is 0 Å². The van der Waals surface area contributed by atoms with Crippen molar-refractivity contribution in [3.63, 3.8) is 0 Å². The summed E-state index contributed by atoms with van der Waals surface area (Å²) in [6.45, 7) is 7.63. The third kappa shape index (κ3) is 2.93. The van der Waals surface area contributed by atoms with Crippen molar-refractivity contribution in [2.75, 3.05) is 18.0 Å². The molecule has 0 saturated carbocycles. The number of nitrogens with one attached hydrogen (secondary N) is 1. The van der Waals surface area contributed by atoms with Crippen LogP contribution in [0.5, 0.6) is 0 Å². The number of rotatable bonds is 2. The standard InChI is InChI=1S/C17H23N3O2/c1-17(2,3)16(21)19-12-5-9-20(10-6-12)15-13-7-11-22-14(13)4-8-18-15/h4,7-8,11-12H,5-6,9-10H2,1-3H3,(H,19,21).